The highest BCUT2D eigenvalue weighted by Crippen LogP contribution is 2.41. The summed E-state index contributed by atoms with van der Waals surface area (Å²) in [6, 6.07) is 0. The van der Waals surface area contributed by atoms with Crippen LogP contribution in [-0.4, -0.2) is 53.7 Å². The quantitative estimate of drug-likeness (QED) is 0.390. The molecule has 166 valence electrons. The summed E-state index contributed by atoms with van der Waals surface area (Å²) in [6.07, 6.45) is 3.15. The molecule has 1 N–H and O–H groups in total. The second kappa shape index (κ2) is 8.50. The van der Waals surface area contributed by atoms with Gasteiger partial charge in [0.1, 0.15) is 24.2 Å². The Kier molecular flexibility index (Phi) is 6.17. The van der Waals surface area contributed by atoms with Crippen LogP contribution in [0.3, 0.4) is 0 Å². The second-order valence-electron chi connectivity index (χ2n) is 7.90. The topological polar surface area (TPSA) is 125 Å². The maximum Gasteiger partial charge on any atom is 0.343 e. The van der Waals surface area contributed by atoms with Gasteiger partial charge in [-0.2, -0.15) is 0 Å². The van der Waals surface area contributed by atoms with Crippen LogP contribution < -0.4 is 0 Å². The first-order valence-electron chi connectivity index (χ1n) is 9.79. The number of rotatable bonds is 5. The van der Waals surface area contributed by atoms with E-state index in [-0.39, 0.29) is 48.2 Å². The zero-order chi connectivity index (χ0) is 22.9. The molecule has 0 saturated carbocycles. The van der Waals surface area contributed by atoms with E-state index in [2.05, 4.69) is 0 Å². The molecule has 3 aliphatic heterocycles. The summed E-state index contributed by atoms with van der Waals surface area (Å²) in [5.41, 5.74) is -0.731. The van der Waals surface area contributed by atoms with Crippen molar-refractivity contribution in [2.75, 3.05) is 13.2 Å². The number of aliphatic hydroxyl groups excluding tert-OH is 1. The third kappa shape index (κ3) is 4.61. The molecule has 3 rings (SSSR count). The van der Waals surface area contributed by atoms with Crippen molar-refractivity contribution in [2.24, 2.45) is 5.92 Å². The van der Waals surface area contributed by atoms with E-state index in [0.717, 1.165) is 6.08 Å². The van der Waals surface area contributed by atoms with Gasteiger partial charge in [0.15, 0.2) is 5.60 Å². The van der Waals surface area contributed by atoms with Crippen LogP contribution in [0.15, 0.2) is 46.5 Å². The molecule has 9 heteroatoms. The van der Waals surface area contributed by atoms with Crippen molar-refractivity contribution in [3.8, 4) is 0 Å². The molecule has 3 atom stereocenters. The molecule has 0 saturated heterocycles. The van der Waals surface area contributed by atoms with E-state index in [0.29, 0.717) is 11.3 Å². The molecule has 3 aliphatic rings. The van der Waals surface area contributed by atoms with E-state index in [1.54, 1.807) is 20.8 Å². The van der Waals surface area contributed by atoms with Gasteiger partial charge in [-0.25, -0.2) is 9.59 Å². The Morgan fingerprint density at radius 3 is 2.68 bits per heavy atom. The van der Waals surface area contributed by atoms with Crippen molar-refractivity contribution in [3.05, 3.63) is 46.5 Å². The fourth-order valence-corrected chi connectivity index (χ4v) is 3.52. The Labute approximate surface area is 179 Å². The summed E-state index contributed by atoms with van der Waals surface area (Å²) in [4.78, 5) is 48.8. The fourth-order valence-electron chi connectivity index (χ4n) is 3.52. The Morgan fingerprint density at radius 1 is 1.32 bits per heavy atom. The first-order chi connectivity index (χ1) is 14.5. The molecule has 0 aliphatic carbocycles. The van der Waals surface area contributed by atoms with E-state index < -0.39 is 29.6 Å². The van der Waals surface area contributed by atoms with Crippen LogP contribution in [0.4, 0.5) is 0 Å². The average Bonchev–Trinajstić information content (AvgIpc) is 3.15. The zero-order valence-electron chi connectivity index (χ0n) is 17.7. The summed E-state index contributed by atoms with van der Waals surface area (Å²) in [6.45, 7) is 5.43. The van der Waals surface area contributed by atoms with Gasteiger partial charge < -0.3 is 24.1 Å². The molecule has 31 heavy (non-hydrogen) atoms. The van der Waals surface area contributed by atoms with Crippen LogP contribution in [0.25, 0.3) is 0 Å². The van der Waals surface area contributed by atoms with Gasteiger partial charge in [-0.05, 0) is 25.8 Å². The fraction of sp³-hybridized carbons (Fsp3) is 0.455. The molecule has 0 aromatic carbocycles. The monoisotopic (exact) mass is 432 g/mol. The Hall–Kier alpha value is -3.20. The van der Waals surface area contributed by atoms with Gasteiger partial charge in [0.25, 0.3) is 0 Å². The van der Waals surface area contributed by atoms with Gasteiger partial charge in [0.05, 0.1) is 12.2 Å². The highest BCUT2D eigenvalue weighted by Gasteiger charge is 2.46. The predicted molar refractivity (Wildman–Crippen MR) is 105 cm³/mol. The molecule has 0 fully saturated rings. The minimum absolute atomic E-state index is 0.0208. The van der Waals surface area contributed by atoms with Crippen LogP contribution in [0, 0.1) is 5.92 Å². The number of aliphatic hydroxyl groups is 1. The average molecular weight is 432 g/mol. The molecule has 0 spiro atoms. The summed E-state index contributed by atoms with van der Waals surface area (Å²) in [5, 5.41) is 9.16. The summed E-state index contributed by atoms with van der Waals surface area (Å²) >= 11 is 0. The molecular weight excluding hydrogens is 408 g/mol. The van der Waals surface area contributed by atoms with E-state index in [1.165, 1.54) is 19.1 Å². The van der Waals surface area contributed by atoms with Gasteiger partial charge >= 0.3 is 17.9 Å². The highest BCUT2D eigenvalue weighted by atomic mass is 16.6. The lowest BCUT2D eigenvalue weighted by Gasteiger charge is -2.23. The molecule has 0 aromatic heterocycles. The molecule has 0 radical (unpaired) electrons. The summed E-state index contributed by atoms with van der Waals surface area (Å²) in [5.74, 6) is -2.27. The van der Waals surface area contributed by atoms with Crippen molar-refractivity contribution in [2.45, 2.75) is 45.8 Å². The third-order valence-electron chi connectivity index (χ3n) is 5.21. The zero-order valence-corrected chi connectivity index (χ0v) is 17.7. The second-order valence-corrected chi connectivity index (χ2v) is 7.90. The number of ketones is 1. The lowest BCUT2D eigenvalue weighted by molar-refractivity contribution is -0.143. The Balaban J connectivity index is 2.10. The smallest absolute Gasteiger partial charge is 0.343 e. The Morgan fingerprint density at radius 2 is 2.03 bits per heavy atom. The van der Waals surface area contributed by atoms with Crippen molar-refractivity contribution in [1.29, 1.82) is 0 Å². The molecule has 0 amide bonds. The van der Waals surface area contributed by atoms with Crippen molar-refractivity contribution in [3.63, 3.8) is 0 Å². The number of esters is 3. The van der Waals surface area contributed by atoms with E-state index in [4.69, 9.17) is 24.1 Å². The van der Waals surface area contributed by atoms with Crippen LogP contribution in [0.5, 0.6) is 0 Å². The SMILES string of the molecule is CC(=O)OCC1=C2/C(=C\[C@]3(C)OC(=CC3=O)[C@@H](C)C[C@@H]2OC(=O)/C=C(/C)CO)OC1=O. The lowest BCUT2D eigenvalue weighted by Crippen LogP contribution is -2.31. The maximum absolute atomic E-state index is 12.6. The first-order valence-corrected chi connectivity index (χ1v) is 9.79. The first kappa shape index (κ1) is 22.5. The van der Waals surface area contributed by atoms with Crippen molar-refractivity contribution in [1.82, 2.24) is 0 Å². The van der Waals surface area contributed by atoms with Crippen LogP contribution in [0.1, 0.15) is 34.1 Å². The van der Waals surface area contributed by atoms with E-state index in [1.807, 2.05) is 0 Å². The van der Waals surface area contributed by atoms with Crippen molar-refractivity contribution < 1.29 is 43.2 Å². The normalized spacial score (nSPS) is 29.5. The number of ether oxygens (including phenoxy) is 4. The molecule has 9 nitrogen and oxygen atoms in total. The van der Waals surface area contributed by atoms with Gasteiger partial charge in [0, 0.05) is 36.6 Å². The van der Waals surface area contributed by atoms with Crippen molar-refractivity contribution >= 4 is 23.7 Å². The lowest BCUT2D eigenvalue weighted by atomic mass is 9.90. The largest absolute Gasteiger partial charge is 0.479 e. The molecule has 0 unspecified atom stereocenters. The van der Waals surface area contributed by atoms with E-state index >= 15 is 0 Å². The number of carbonyl (C=O) groups is 4. The van der Waals surface area contributed by atoms with Gasteiger partial charge in [-0.15, -0.1) is 0 Å². The minimum Gasteiger partial charge on any atom is -0.479 e. The number of carbonyl (C=O) groups excluding carboxylic acids is 4. The molecular formula is C22H24O9. The number of allylic oxidation sites excluding steroid dienone is 1. The van der Waals surface area contributed by atoms with Gasteiger partial charge in [-0.1, -0.05) is 6.92 Å². The predicted octanol–water partition coefficient (Wildman–Crippen LogP) is 1.42. The molecule has 2 bridgehead atoms. The van der Waals surface area contributed by atoms with Gasteiger partial charge in [-0.3, -0.25) is 9.59 Å². The van der Waals surface area contributed by atoms with Crippen LogP contribution in [0.2, 0.25) is 0 Å². The maximum atomic E-state index is 12.6. The number of fused-ring (bicyclic) bond motifs is 3. The van der Waals surface area contributed by atoms with Crippen LogP contribution >= 0.6 is 0 Å². The van der Waals surface area contributed by atoms with Crippen LogP contribution in [-0.2, 0) is 38.1 Å². The van der Waals surface area contributed by atoms with E-state index in [9.17, 15) is 19.2 Å². The number of hydrogen-bond acceptors (Lipinski definition) is 9. The highest BCUT2D eigenvalue weighted by molar-refractivity contribution is 6.02. The summed E-state index contributed by atoms with van der Waals surface area (Å²) < 4.78 is 21.9. The standard InChI is InChI=1S/C22H24O9/c1-11(9-23)5-19(26)29-16-6-12(2)15-7-18(25)22(4,31-15)8-17-20(16)14(21(27)30-17)10-28-13(3)24/h5,7-8,12,16,23H,6,9-10H2,1-4H3/b11-5-,17-8+/t12-,16-,22-/m0/s1. The third-order valence-corrected chi connectivity index (χ3v) is 5.21. The Bertz CT molecular complexity index is 965. The molecule has 0 aromatic rings. The minimum atomic E-state index is -1.38. The number of hydrogen-bond donors (Lipinski definition) is 1. The van der Waals surface area contributed by atoms with Gasteiger partial charge in [0.2, 0.25) is 5.78 Å². The molecule has 3 heterocycles. The summed E-state index contributed by atoms with van der Waals surface area (Å²) in [7, 11) is 0.